The molecule has 5 heterocycles. The number of benzene rings is 4. The molecule has 0 fully saturated rings. The van der Waals surface area contributed by atoms with E-state index in [0.717, 1.165) is 62.1 Å². The fourth-order valence-electron chi connectivity index (χ4n) is 9.75. The van der Waals surface area contributed by atoms with Crippen LogP contribution in [0.2, 0.25) is 0 Å². The second-order valence-electron chi connectivity index (χ2n) is 25.5. The molecule has 0 saturated heterocycles. The summed E-state index contributed by atoms with van der Waals surface area (Å²) in [6.07, 6.45) is 7.53. The van der Waals surface area contributed by atoms with Gasteiger partial charge in [-0.05, 0) is 95.9 Å². The SMILES string of the molecule is CC[C@H](C)COc1ccc2c(c1OC[C@@H](C)CC)-c1nc-2nc2[nH]c(nc3nc(nc4[nH]c(n1)c1ccc(OC[C@@H](C)CC)c(OC[C@@H](C)CC)c41)-c1ccc(OC[C@@H](C)CC)c(OC[C@@H](C)CC)c1-3)c1ccc(OC[C@@H](C)CC)c(OC[C@@H](C)CC)c21. The zero-order valence-electron chi connectivity index (χ0n) is 55.5. The molecule has 16 nitrogen and oxygen atoms in total. The first-order chi connectivity index (χ1) is 42.5. The Balaban J connectivity index is 1.48. The normalized spacial score (nSPS) is 14.7. The minimum atomic E-state index is 0.243. The summed E-state index contributed by atoms with van der Waals surface area (Å²) >= 11 is 0. The predicted octanol–water partition coefficient (Wildman–Crippen LogP) is 18.3. The van der Waals surface area contributed by atoms with Crippen molar-refractivity contribution in [2.45, 2.75) is 162 Å². The third-order valence-corrected chi connectivity index (χ3v) is 17.9. The van der Waals surface area contributed by atoms with Crippen molar-refractivity contribution in [3.8, 4) is 91.5 Å². The standard InChI is InChI=1S/C72H98N8O8/c1-17-41(9)33-81-53-29-25-49-57(61(53)85-37-45(13)21-5)69-73-65(49)78-70-59-51(27-31-55(83-35-43(11)19-3)63(59)87-39-47(15)23-7)67(75-70)80-72-60-52(28-32-56(84-36-44(12)20-4)64(60)88-40-48(16)24-8)68(76-72)79-71-58-50(66(74-71)77-69)26-30-54(82-34-42(10)18-2)62(58)86-38-46(14)22-6/h25-32,41-48H,17-24,33-40H2,1-16H3,(H2,73,74,75,76,77,78,79,80)/t41-,42-,43-,44-,45-,46-,47-,48-/m0/s1. The molecule has 0 saturated carbocycles. The maximum absolute atomic E-state index is 6.98. The van der Waals surface area contributed by atoms with Crippen LogP contribution in [0, 0.1) is 47.3 Å². The van der Waals surface area contributed by atoms with Crippen molar-refractivity contribution in [3.05, 3.63) is 48.5 Å². The molecule has 8 bridgehead atoms. The van der Waals surface area contributed by atoms with Gasteiger partial charge >= 0.3 is 0 Å². The highest BCUT2D eigenvalue weighted by atomic mass is 16.5. The van der Waals surface area contributed by atoms with Gasteiger partial charge in [0.05, 0.1) is 74.8 Å². The van der Waals surface area contributed by atoms with Gasteiger partial charge in [0.1, 0.15) is 22.6 Å². The lowest BCUT2D eigenvalue weighted by Crippen LogP contribution is -2.12. The molecular weight excluding hydrogens is 1100 g/mol. The highest BCUT2D eigenvalue weighted by Crippen LogP contribution is 2.50. The second kappa shape index (κ2) is 29.8. The van der Waals surface area contributed by atoms with E-state index in [1.54, 1.807) is 0 Å². The molecule has 9 rings (SSSR count). The smallest absolute Gasteiger partial charge is 0.172 e. The van der Waals surface area contributed by atoms with Crippen molar-refractivity contribution < 1.29 is 37.9 Å². The fraction of sp³-hybridized carbons (Fsp3) is 0.556. The van der Waals surface area contributed by atoms with Crippen LogP contribution in [0.5, 0.6) is 46.0 Å². The Bertz CT molecular complexity index is 3450. The molecule has 2 N–H and O–H groups in total. The molecule has 3 aromatic heterocycles. The van der Waals surface area contributed by atoms with E-state index in [2.05, 4.69) is 121 Å². The fourth-order valence-corrected chi connectivity index (χ4v) is 9.75. The van der Waals surface area contributed by atoms with E-state index in [1.807, 2.05) is 48.5 Å². The van der Waals surface area contributed by atoms with E-state index in [1.165, 1.54) is 0 Å². The number of nitrogens with one attached hydrogen (secondary N) is 2. The minimum absolute atomic E-state index is 0.243. The maximum atomic E-state index is 6.98. The van der Waals surface area contributed by atoms with E-state index in [0.29, 0.717) is 201 Å². The molecule has 0 aliphatic carbocycles. The van der Waals surface area contributed by atoms with Crippen LogP contribution in [-0.4, -0.2) is 92.7 Å². The van der Waals surface area contributed by atoms with Gasteiger partial charge in [-0.15, -0.1) is 0 Å². The van der Waals surface area contributed by atoms with E-state index in [9.17, 15) is 0 Å². The van der Waals surface area contributed by atoms with Gasteiger partial charge in [-0.25, -0.2) is 29.9 Å². The molecule has 0 amide bonds. The number of ether oxygens (including phenoxy) is 8. The number of fused-ring (bicyclic) bond motifs is 20. The first-order valence-corrected chi connectivity index (χ1v) is 33.1. The summed E-state index contributed by atoms with van der Waals surface area (Å²) in [5.74, 6) is 8.39. The summed E-state index contributed by atoms with van der Waals surface area (Å²) in [5.41, 5.74) is 4.65. The van der Waals surface area contributed by atoms with Crippen LogP contribution in [0.4, 0.5) is 0 Å². The maximum Gasteiger partial charge on any atom is 0.172 e. The van der Waals surface area contributed by atoms with Gasteiger partial charge in [0.25, 0.3) is 0 Å². The van der Waals surface area contributed by atoms with Crippen LogP contribution in [0.25, 0.3) is 89.7 Å². The van der Waals surface area contributed by atoms with Crippen molar-refractivity contribution in [2.75, 3.05) is 52.9 Å². The van der Waals surface area contributed by atoms with Crippen molar-refractivity contribution >= 4 is 44.1 Å². The first-order valence-electron chi connectivity index (χ1n) is 33.1. The first kappa shape index (κ1) is 65.1. The van der Waals surface area contributed by atoms with Crippen molar-refractivity contribution in [3.63, 3.8) is 0 Å². The van der Waals surface area contributed by atoms with Crippen LogP contribution in [-0.2, 0) is 0 Å². The Morgan fingerprint density at radius 3 is 0.830 bits per heavy atom. The molecule has 7 aromatic rings. The van der Waals surface area contributed by atoms with Crippen molar-refractivity contribution in [2.24, 2.45) is 47.3 Å². The molecule has 16 heteroatoms. The monoisotopic (exact) mass is 1200 g/mol. The number of hydrogen-bond donors (Lipinski definition) is 2. The summed E-state index contributed by atoms with van der Waals surface area (Å²) in [6.45, 7) is 38.7. The second-order valence-corrected chi connectivity index (χ2v) is 25.5. The topological polar surface area (TPSA) is 183 Å². The minimum Gasteiger partial charge on any atom is -0.489 e. The number of H-pyrrole nitrogens is 2. The Kier molecular flexibility index (Phi) is 22.0. The van der Waals surface area contributed by atoms with Gasteiger partial charge < -0.3 is 47.9 Å². The van der Waals surface area contributed by atoms with Crippen LogP contribution in [0.1, 0.15) is 162 Å². The van der Waals surface area contributed by atoms with Gasteiger partial charge in [-0.2, -0.15) is 0 Å². The molecule has 4 aromatic carbocycles. The largest absolute Gasteiger partial charge is 0.489 e. The lowest BCUT2D eigenvalue weighted by Gasteiger charge is -2.19. The third-order valence-electron chi connectivity index (χ3n) is 17.9. The highest BCUT2D eigenvalue weighted by Gasteiger charge is 2.32. The lowest BCUT2D eigenvalue weighted by atomic mass is 10.1. The number of aromatic amines is 2. The van der Waals surface area contributed by atoms with Crippen LogP contribution in [0.3, 0.4) is 0 Å². The van der Waals surface area contributed by atoms with Gasteiger partial charge in [-0.3, -0.25) is 0 Å². The predicted molar refractivity (Wildman–Crippen MR) is 356 cm³/mol. The average molecular weight is 1200 g/mol. The van der Waals surface area contributed by atoms with Crippen LogP contribution < -0.4 is 37.9 Å². The Morgan fingerprint density at radius 2 is 0.534 bits per heavy atom. The summed E-state index contributed by atoms with van der Waals surface area (Å²) in [5, 5.41) is 2.86. The summed E-state index contributed by atoms with van der Waals surface area (Å²) in [4.78, 5) is 40.7. The zero-order valence-corrected chi connectivity index (χ0v) is 55.5. The average Bonchev–Trinajstić information content (AvgIpc) is 1.76. The molecule has 0 unspecified atom stereocenters. The van der Waals surface area contributed by atoms with E-state index >= 15 is 0 Å². The Morgan fingerprint density at radius 1 is 0.284 bits per heavy atom. The van der Waals surface area contributed by atoms with Crippen molar-refractivity contribution in [1.29, 1.82) is 0 Å². The summed E-state index contributed by atoms with van der Waals surface area (Å²) in [7, 11) is 0. The molecule has 0 spiro atoms. The number of hydrogen-bond acceptors (Lipinski definition) is 14. The van der Waals surface area contributed by atoms with Crippen LogP contribution in [0.15, 0.2) is 48.5 Å². The van der Waals surface area contributed by atoms with Gasteiger partial charge in [0.15, 0.2) is 69.3 Å². The highest BCUT2D eigenvalue weighted by molar-refractivity contribution is 6.11. The zero-order chi connectivity index (χ0) is 62.8. The van der Waals surface area contributed by atoms with Gasteiger partial charge in [0.2, 0.25) is 0 Å². The molecule has 2 aliphatic heterocycles. The van der Waals surface area contributed by atoms with E-state index in [-0.39, 0.29) is 23.7 Å². The van der Waals surface area contributed by atoms with Crippen molar-refractivity contribution in [1.82, 2.24) is 39.9 Å². The summed E-state index contributed by atoms with van der Waals surface area (Å²) in [6, 6.07) is 16.0. The summed E-state index contributed by atoms with van der Waals surface area (Å²) < 4.78 is 54.8. The molecule has 2 aliphatic rings. The molecule has 474 valence electrons. The van der Waals surface area contributed by atoms with E-state index in [4.69, 9.17) is 67.8 Å². The molecule has 8 atom stereocenters. The van der Waals surface area contributed by atoms with Gasteiger partial charge in [0, 0.05) is 21.9 Å². The Hall–Kier alpha value is -7.36. The van der Waals surface area contributed by atoms with Gasteiger partial charge in [-0.1, -0.05) is 162 Å². The number of aromatic nitrogens is 8. The van der Waals surface area contributed by atoms with E-state index < -0.39 is 0 Å². The number of nitrogens with zero attached hydrogens (tertiary/aromatic N) is 6. The molecular formula is C72H98N8O8. The quantitative estimate of drug-likeness (QED) is 0.0406. The number of rotatable bonds is 32. The lowest BCUT2D eigenvalue weighted by molar-refractivity contribution is 0.218. The third kappa shape index (κ3) is 14.5. The van der Waals surface area contributed by atoms with Crippen LogP contribution >= 0.6 is 0 Å². The molecule has 88 heavy (non-hydrogen) atoms. The molecule has 0 radical (unpaired) electrons. The Labute approximate surface area is 522 Å².